The Morgan fingerprint density at radius 1 is 0.424 bits per heavy atom. The van der Waals surface area contributed by atoms with E-state index in [2.05, 4.69) is 47.9 Å². The van der Waals surface area contributed by atoms with Gasteiger partial charge < -0.3 is 86.3 Å². The van der Waals surface area contributed by atoms with Crippen molar-refractivity contribution in [1.29, 1.82) is 0 Å². The van der Waals surface area contributed by atoms with E-state index in [-0.39, 0.29) is 109 Å². The lowest BCUT2D eigenvalue weighted by molar-refractivity contribution is -0.153. The van der Waals surface area contributed by atoms with Gasteiger partial charge in [-0.1, -0.05) is 126 Å². The van der Waals surface area contributed by atoms with Gasteiger partial charge in [-0.25, -0.2) is 33.6 Å². The molecular formula is C101H149F7N10O21. The monoisotopic (exact) mass is 1970 g/mol. The first-order valence-electron chi connectivity index (χ1n) is 47.6. The number of hydrogen-bond acceptors (Lipinski definition) is 21. The van der Waals surface area contributed by atoms with Crippen molar-refractivity contribution in [3.63, 3.8) is 0 Å². The number of carbonyl (C=O) groups is 14. The summed E-state index contributed by atoms with van der Waals surface area (Å²) in [5, 5.41) is 34.8. The largest absolute Gasteiger partial charge is 0.480 e. The summed E-state index contributed by atoms with van der Waals surface area (Å²) in [6.45, 7) is 33.4. The fourth-order valence-electron chi connectivity index (χ4n) is 15.2. The lowest BCUT2D eigenvalue weighted by Crippen LogP contribution is -2.62. The van der Waals surface area contributed by atoms with E-state index in [1.807, 2.05) is 39.8 Å². The van der Waals surface area contributed by atoms with Gasteiger partial charge in [-0.05, 0) is 257 Å². The van der Waals surface area contributed by atoms with Gasteiger partial charge in [-0.3, -0.25) is 38.0 Å². The van der Waals surface area contributed by atoms with Crippen molar-refractivity contribution in [2.24, 2.45) is 35.5 Å². The van der Waals surface area contributed by atoms with Crippen molar-refractivity contribution in [3.8, 4) is 0 Å². The minimum absolute atomic E-state index is 0.00686. The number of hydrogen-bond donors (Lipinski definition) is 10. The number of unbranched alkanes of at least 4 members (excludes halogenated alkanes) is 2. The number of alkyl halides is 7. The standard InChI is InChI=1S/C50H72F3N5O10.C38H52F3N3O7.C12H22N2O4.CH3F/c1-32(2)28-36(31-40(59)39(30-34-16-12-11-13-17-34)56-41(60)33(3)29-35-19-21-37(22-20-35)50(51,52)53)42(61)55-38(18-14-15-25-54-45(64)67-47(4,5)6)43(62)58-26-23-49(24-27-58,44(63)66-10)57-46(65)68-48(7,8)9;1-24(2)20-28(34(47)43-30(35(48)49)14-10-11-19-42-36(50)51-37(4,5)6)23-32(45)31(22-26-12-8-7-9-13-26)44-33(46)25(3)21-27-15-17-29(18-16-27)38(39,40)41;1-11(2,3)18-10(16)14-12(9(15)17-4)5-7-13-8-6-12;1-2/h11-13,16-17,19-22,32-33,36,38-39H,14-15,18,23-31H2,1-10H3,(H,54,64)(H,55,61)(H,56,60)(H,57,65);7-9,12-13,15-18,24-25,28,30-31H,10-11,14,19-23H2,1-6H3,(H,42,50)(H,43,47)(H,44,46)(H,48,49);13H,5-8H2,1-4H3,(H,14,16);1H3/t33-,36+,38-,39-;25-,28+,30-,31-;;/m11../s1/i;;;1D. The molecule has 0 spiro atoms. The molecule has 0 aromatic heterocycles. The van der Waals surface area contributed by atoms with Crippen LogP contribution in [0.25, 0.3) is 0 Å². The SMILES string of the molecule is CC(C)C[C@@H](CC(=O)[C@@H](Cc1ccccc1)NC(=O)[C@H](C)Cc1ccc(C(F)(F)F)cc1)C(=O)N[C@H](CCCCNC(=O)OC(C)(C)C)C(=O)O.COC(=O)C1(NC(=O)OC(C)(C)C)CCN(C(=O)[C@@H](CCCCNC(=O)OC(C)(C)C)NC(=O)[C@H](CC(=O)[C@@H](Cc2ccccc2)NC(=O)[C@H](C)Cc2ccc(C(F)(F)F)cc2)CC(C)C)CC1.COC(=O)C1(NC(=O)OC(C)(C)C)CCNCC1.[2H]CF. The number of nitrogens with one attached hydrogen (secondary N) is 9. The van der Waals surface area contributed by atoms with Crippen LogP contribution in [0.3, 0.4) is 0 Å². The zero-order valence-corrected chi connectivity index (χ0v) is 84.0. The highest BCUT2D eigenvalue weighted by Crippen LogP contribution is 2.33. The number of alkyl carbamates (subject to hydrolysis) is 4. The van der Waals surface area contributed by atoms with Crippen LogP contribution in [0.1, 0.15) is 249 Å². The van der Waals surface area contributed by atoms with Gasteiger partial charge in [0.25, 0.3) is 0 Å². The lowest BCUT2D eigenvalue weighted by Gasteiger charge is -2.41. The van der Waals surface area contributed by atoms with Crippen LogP contribution in [-0.2, 0) is 114 Å². The summed E-state index contributed by atoms with van der Waals surface area (Å²) in [6.07, 6.45) is -8.16. The van der Waals surface area contributed by atoms with Gasteiger partial charge in [0.05, 0.1) is 46.0 Å². The smallest absolute Gasteiger partial charge is 0.416 e. The molecule has 2 saturated heterocycles. The highest BCUT2D eigenvalue weighted by molar-refractivity contribution is 5.96. The summed E-state index contributed by atoms with van der Waals surface area (Å²) in [5.74, 6) is -8.99. The normalized spacial score (nSPS) is 15.5. The maximum absolute atomic E-state index is 14.4. The molecule has 4 aromatic carbocycles. The lowest BCUT2D eigenvalue weighted by atomic mass is 9.86. The van der Waals surface area contributed by atoms with Crippen LogP contribution in [0.4, 0.5) is 49.9 Å². The van der Waals surface area contributed by atoms with Gasteiger partial charge in [0.1, 0.15) is 45.6 Å². The summed E-state index contributed by atoms with van der Waals surface area (Å²) in [5.41, 5.74) is -4.29. The van der Waals surface area contributed by atoms with Crippen molar-refractivity contribution < 1.29 is 133 Å². The molecule has 2 heterocycles. The number of likely N-dealkylation sites (tertiary alicyclic amines) is 1. The summed E-state index contributed by atoms with van der Waals surface area (Å²) >= 11 is 0. The number of carboxylic acid groups (broad SMARTS) is 1. The third kappa shape index (κ3) is 46.9. The predicted octanol–water partition coefficient (Wildman–Crippen LogP) is 15.4. The highest BCUT2D eigenvalue weighted by atomic mass is 19.4. The van der Waals surface area contributed by atoms with E-state index in [0.717, 1.165) is 35.4 Å². The first-order valence-corrected chi connectivity index (χ1v) is 46.9. The molecule has 4 aromatic rings. The second-order valence-corrected chi connectivity index (χ2v) is 39.9. The molecule has 31 nitrogen and oxygen atoms in total. The second-order valence-electron chi connectivity index (χ2n) is 39.9. The molecule has 0 unspecified atom stereocenters. The molecule has 0 aliphatic carbocycles. The van der Waals surface area contributed by atoms with Crippen LogP contribution in [0.2, 0.25) is 0 Å². The number of benzene rings is 4. The van der Waals surface area contributed by atoms with Gasteiger partial charge in [-0.2, -0.15) is 26.3 Å². The third-order valence-electron chi connectivity index (χ3n) is 22.1. The van der Waals surface area contributed by atoms with Crippen LogP contribution >= 0.6 is 0 Å². The highest BCUT2D eigenvalue weighted by Gasteiger charge is 2.48. The van der Waals surface area contributed by atoms with Gasteiger partial charge in [-0.15, -0.1) is 0 Å². The first kappa shape index (κ1) is 120. The fourth-order valence-corrected chi connectivity index (χ4v) is 15.2. The Bertz CT molecular complexity index is 4590. The van der Waals surface area contributed by atoms with Crippen molar-refractivity contribution in [2.45, 2.75) is 310 Å². The Morgan fingerprint density at radius 2 is 0.734 bits per heavy atom. The van der Waals surface area contributed by atoms with Gasteiger partial charge >= 0.3 is 54.6 Å². The van der Waals surface area contributed by atoms with Crippen LogP contribution < -0.4 is 47.9 Å². The predicted molar refractivity (Wildman–Crippen MR) is 509 cm³/mol. The Hall–Kier alpha value is -11.5. The quantitative estimate of drug-likeness (QED) is 0.00852. The second kappa shape index (κ2) is 57.3. The van der Waals surface area contributed by atoms with E-state index in [1.54, 1.807) is 145 Å². The molecule has 0 bridgehead atoms. The summed E-state index contributed by atoms with van der Waals surface area (Å²) < 4.78 is 125. The number of methoxy groups -OCH3 is 2. The maximum atomic E-state index is 14.4. The summed E-state index contributed by atoms with van der Waals surface area (Å²) in [4.78, 5) is 185. The van der Waals surface area contributed by atoms with Crippen LogP contribution in [0, 0.1) is 35.5 Å². The number of carboxylic acids is 1. The zero-order chi connectivity index (χ0) is 106. The number of ketones is 2. The molecule has 6 rings (SSSR count). The van der Waals surface area contributed by atoms with E-state index in [9.17, 15) is 103 Å². The number of rotatable bonds is 42. The van der Waals surface area contributed by atoms with Gasteiger partial charge in [0.2, 0.25) is 29.5 Å². The van der Waals surface area contributed by atoms with Crippen LogP contribution in [0.15, 0.2) is 109 Å². The van der Waals surface area contributed by atoms with E-state index >= 15 is 0 Å². The molecule has 2 aliphatic rings. The average molecular weight is 1970 g/mol. The van der Waals surface area contributed by atoms with Crippen LogP contribution in [0.5, 0.6) is 0 Å². The Morgan fingerprint density at radius 3 is 1.05 bits per heavy atom. The Balaban J connectivity index is 0.000000610. The number of piperidine rings is 2. The van der Waals surface area contributed by atoms with Crippen molar-refractivity contribution in [3.05, 3.63) is 143 Å². The van der Waals surface area contributed by atoms with Crippen molar-refractivity contribution >= 4 is 83.4 Å². The number of ether oxygens (including phenoxy) is 6. The maximum Gasteiger partial charge on any atom is 0.416 e. The van der Waals surface area contributed by atoms with E-state index in [0.29, 0.717) is 69.2 Å². The summed E-state index contributed by atoms with van der Waals surface area (Å²) in [6, 6.07) is 22.7. The fraction of sp³-hybridized carbons (Fsp3) is 0.624. The molecule has 9 amide bonds. The number of aliphatic carboxylic acids is 1. The molecule has 778 valence electrons. The minimum atomic E-state index is -4.51. The van der Waals surface area contributed by atoms with Crippen molar-refractivity contribution in [1.82, 2.24) is 52.8 Å². The number of carbonyl (C=O) groups excluding carboxylic acids is 13. The average Bonchev–Trinajstić information content (AvgIpc) is 0.803. The number of esters is 2. The Labute approximate surface area is 814 Å². The molecule has 2 fully saturated rings. The number of amides is 9. The van der Waals surface area contributed by atoms with Gasteiger partial charge in [0.15, 0.2) is 11.6 Å². The van der Waals surface area contributed by atoms with E-state index in [1.165, 1.54) is 43.4 Å². The first-order chi connectivity index (χ1) is 65.1. The molecule has 0 saturated carbocycles. The molecular weight excluding hydrogens is 1820 g/mol. The number of Topliss-reactive ketones (excluding diaryl/α,β-unsaturated/α-hetero) is 2. The van der Waals surface area contributed by atoms with Crippen molar-refractivity contribution in [2.75, 3.05) is 60.6 Å². The molecule has 8 atom stereocenters. The molecule has 139 heavy (non-hydrogen) atoms. The third-order valence-corrected chi connectivity index (χ3v) is 22.1. The number of halogens is 7. The Kier molecular flexibility index (Phi) is 49.4. The van der Waals surface area contributed by atoms with Crippen LogP contribution in [-0.4, -0.2) is 212 Å². The molecule has 0 radical (unpaired) electrons. The molecule has 2 aliphatic heterocycles. The minimum Gasteiger partial charge on any atom is -0.480 e. The molecule has 10 N–H and O–H groups in total. The van der Waals surface area contributed by atoms with E-state index < -0.39 is 195 Å². The summed E-state index contributed by atoms with van der Waals surface area (Å²) in [7, 11) is 1.52. The number of nitrogens with zero attached hydrogens (tertiary/aromatic N) is 1. The topological polar surface area (TPSA) is 426 Å². The van der Waals surface area contributed by atoms with E-state index in [4.69, 9.17) is 29.8 Å². The molecule has 38 heteroatoms. The zero-order valence-electron chi connectivity index (χ0n) is 85.0. The van der Waals surface area contributed by atoms with Gasteiger partial charge in [0, 0.05) is 62.7 Å².